The molecular weight excluding hydrogens is 336 g/mol. The van der Waals surface area contributed by atoms with E-state index in [-0.39, 0.29) is 29.0 Å². The van der Waals surface area contributed by atoms with Crippen LogP contribution in [0.15, 0.2) is 53.6 Å². The zero-order valence-electron chi connectivity index (χ0n) is 13.7. The van der Waals surface area contributed by atoms with Crippen LogP contribution in [0.2, 0.25) is 0 Å². The van der Waals surface area contributed by atoms with Crippen LogP contribution in [0.1, 0.15) is 5.56 Å². The molecule has 1 amide bonds. The van der Waals surface area contributed by atoms with E-state index >= 15 is 0 Å². The van der Waals surface area contributed by atoms with Crippen molar-refractivity contribution in [2.24, 2.45) is 0 Å². The number of rotatable bonds is 3. The van der Waals surface area contributed by atoms with Gasteiger partial charge in [-0.15, -0.1) is 0 Å². The summed E-state index contributed by atoms with van der Waals surface area (Å²) in [5, 5.41) is 11.1. The van der Waals surface area contributed by atoms with Gasteiger partial charge in [-0.1, -0.05) is 18.2 Å². The topological polar surface area (TPSA) is 98.3 Å². The van der Waals surface area contributed by atoms with E-state index in [4.69, 9.17) is 0 Å². The summed E-state index contributed by atoms with van der Waals surface area (Å²) in [4.78, 5) is 41.3. The highest BCUT2D eigenvalue weighted by molar-refractivity contribution is 5.95. The molecule has 0 unspecified atom stereocenters. The van der Waals surface area contributed by atoms with Gasteiger partial charge in [-0.05, 0) is 24.1 Å². The van der Waals surface area contributed by atoms with Gasteiger partial charge in [-0.25, -0.2) is 4.98 Å². The smallest absolute Gasteiger partial charge is 0.271 e. The average Bonchev–Trinajstić information content (AvgIpc) is 3.08. The molecule has 2 heterocycles. The lowest BCUT2D eigenvalue weighted by atomic mass is 10.2. The van der Waals surface area contributed by atoms with Crippen molar-refractivity contribution < 1.29 is 9.72 Å². The third-order valence-corrected chi connectivity index (χ3v) is 4.51. The van der Waals surface area contributed by atoms with Crippen LogP contribution in [0.5, 0.6) is 0 Å². The molecule has 0 fully saturated rings. The molecule has 130 valence electrons. The highest BCUT2D eigenvalue weighted by Gasteiger charge is 2.24. The summed E-state index contributed by atoms with van der Waals surface area (Å²) in [5.74, 6) is -0.194. The van der Waals surface area contributed by atoms with Crippen LogP contribution in [-0.4, -0.2) is 26.9 Å². The van der Waals surface area contributed by atoms with Gasteiger partial charge in [0.2, 0.25) is 5.91 Å². The van der Waals surface area contributed by atoms with Gasteiger partial charge in [0, 0.05) is 24.4 Å². The molecular formula is C18H14N4O4. The number of aromatic nitrogens is 2. The maximum absolute atomic E-state index is 12.7. The normalized spacial score (nSPS) is 13.0. The summed E-state index contributed by atoms with van der Waals surface area (Å²) in [6, 6.07) is 11.6. The van der Waals surface area contributed by atoms with Crippen molar-refractivity contribution >= 4 is 28.2 Å². The number of non-ortho nitro benzene ring substituents is 1. The average molecular weight is 350 g/mol. The van der Waals surface area contributed by atoms with Crippen LogP contribution < -0.4 is 10.5 Å². The summed E-state index contributed by atoms with van der Waals surface area (Å²) >= 11 is 0. The first-order valence-corrected chi connectivity index (χ1v) is 8.06. The number of nitro groups is 1. The summed E-state index contributed by atoms with van der Waals surface area (Å²) in [6.45, 7) is 0.452. The minimum absolute atomic E-state index is 0.132. The van der Waals surface area contributed by atoms with E-state index in [1.54, 1.807) is 4.90 Å². The molecule has 3 aromatic rings. The van der Waals surface area contributed by atoms with E-state index in [9.17, 15) is 19.7 Å². The minimum Gasteiger partial charge on any atom is -0.310 e. The maximum atomic E-state index is 12.7. The van der Waals surface area contributed by atoms with Gasteiger partial charge in [-0.2, -0.15) is 0 Å². The Hall–Kier alpha value is -3.55. The summed E-state index contributed by atoms with van der Waals surface area (Å²) in [6.07, 6.45) is 2.05. The van der Waals surface area contributed by atoms with Gasteiger partial charge in [0.05, 0.1) is 22.2 Å². The predicted octanol–water partition coefficient (Wildman–Crippen LogP) is 1.89. The minimum atomic E-state index is -0.541. The van der Waals surface area contributed by atoms with Gasteiger partial charge in [0.25, 0.3) is 11.2 Å². The van der Waals surface area contributed by atoms with Gasteiger partial charge in [0.1, 0.15) is 6.54 Å². The first-order chi connectivity index (χ1) is 12.5. The van der Waals surface area contributed by atoms with E-state index in [1.807, 2.05) is 24.3 Å². The molecule has 0 saturated heterocycles. The third kappa shape index (κ3) is 2.61. The highest BCUT2D eigenvalue weighted by Crippen LogP contribution is 2.27. The van der Waals surface area contributed by atoms with Crippen molar-refractivity contribution in [1.82, 2.24) is 9.55 Å². The van der Waals surface area contributed by atoms with Crippen molar-refractivity contribution in [3.05, 3.63) is 74.8 Å². The SMILES string of the molecule is O=C(Cn1cnc2cc([N+](=O)[O-])ccc2c1=O)N1CCc2ccccc21. The Labute approximate surface area is 147 Å². The van der Waals surface area contributed by atoms with E-state index in [0.29, 0.717) is 6.54 Å². The standard InChI is InChI=1S/C18H14N4O4/c23-17(21-8-7-12-3-1-2-4-16(12)21)10-20-11-19-15-9-13(22(25)26)5-6-14(15)18(20)24/h1-6,9,11H,7-8,10H2. The number of nitrogens with zero attached hydrogens (tertiary/aromatic N) is 4. The van der Waals surface area contributed by atoms with E-state index < -0.39 is 10.5 Å². The fourth-order valence-electron chi connectivity index (χ4n) is 3.20. The Kier molecular flexibility index (Phi) is 3.72. The van der Waals surface area contributed by atoms with Crippen LogP contribution in [0, 0.1) is 10.1 Å². The molecule has 0 radical (unpaired) electrons. The molecule has 0 atom stereocenters. The van der Waals surface area contributed by atoms with Crippen molar-refractivity contribution in [1.29, 1.82) is 0 Å². The molecule has 1 aromatic heterocycles. The predicted molar refractivity (Wildman–Crippen MR) is 95.2 cm³/mol. The second-order valence-electron chi connectivity index (χ2n) is 6.06. The fraction of sp³-hybridized carbons (Fsp3) is 0.167. The number of carbonyl (C=O) groups excluding carboxylic acids is 1. The van der Waals surface area contributed by atoms with Crippen molar-refractivity contribution in [3.63, 3.8) is 0 Å². The molecule has 0 saturated carbocycles. The Morgan fingerprint density at radius 3 is 2.85 bits per heavy atom. The molecule has 2 aromatic carbocycles. The number of fused-ring (bicyclic) bond motifs is 2. The molecule has 0 bridgehead atoms. The molecule has 1 aliphatic rings. The molecule has 8 heteroatoms. The number of hydrogen-bond acceptors (Lipinski definition) is 5. The number of para-hydroxylation sites is 1. The van der Waals surface area contributed by atoms with Gasteiger partial charge in [0.15, 0.2) is 0 Å². The summed E-state index contributed by atoms with van der Waals surface area (Å²) < 4.78 is 1.23. The van der Waals surface area contributed by atoms with Crippen LogP contribution in [0.25, 0.3) is 10.9 Å². The lowest BCUT2D eigenvalue weighted by molar-refractivity contribution is -0.384. The largest absolute Gasteiger partial charge is 0.310 e. The molecule has 4 rings (SSSR count). The summed E-state index contributed by atoms with van der Waals surface area (Å²) in [5.41, 5.74) is 1.68. The number of benzene rings is 2. The number of nitro benzene ring substituents is 1. The lowest BCUT2D eigenvalue weighted by Gasteiger charge is -2.18. The molecule has 0 spiro atoms. The van der Waals surface area contributed by atoms with Crippen LogP contribution >= 0.6 is 0 Å². The maximum Gasteiger partial charge on any atom is 0.271 e. The molecule has 26 heavy (non-hydrogen) atoms. The van der Waals surface area contributed by atoms with E-state index in [2.05, 4.69) is 4.98 Å². The van der Waals surface area contributed by atoms with Gasteiger partial charge >= 0.3 is 0 Å². The Balaban J connectivity index is 1.65. The van der Waals surface area contributed by atoms with E-state index in [1.165, 1.54) is 29.1 Å². The van der Waals surface area contributed by atoms with Crippen LogP contribution in [0.4, 0.5) is 11.4 Å². The van der Waals surface area contributed by atoms with Gasteiger partial charge < -0.3 is 4.90 Å². The van der Waals surface area contributed by atoms with Crippen molar-refractivity contribution in [3.8, 4) is 0 Å². The van der Waals surface area contributed by atoms with Crippen LogP contribution in [0.3, 0.4) is 0 Å². The number of amides is 1. The number of hydrogen-bond donors (Lipinski definition) is 0. The summed E-state index contributed by atoms with van der Waals surface area (Å²) in [7, 11) is 0. The van der Waals surface area contributed by atoms with E-state index in [0.717, 1.165) is 17.7 Å². The first-order valence-electron chi connectivity index (χ1n) is 8.06. The van der Waals surface area contributed by atoms with Gasteiger partial charge in [-0.3, -0.25) is 24.3 Å². The monoisotopic (exact) mass is 350 g/mol. The second kappa shape index (κ2) is 6.07. The lowest BCUT2D eigenvalue weighted by Crippen LogP contribution is -2.35. The highest BCUT2D eigenvalue weighted by atomic mass is 16.6. The van der Waals surface area contributed by atoms with Crippen molar-refractivity contribution in [2.75, 3.05) is 11.4 Å². The molecule has 8 nitrogen and oxygen atoms in total. The number of anilines is 1. The second-order valence-corrected chi connectivity index (χ2v) is 6.06. The quantitative estimate of drug-likeness (QED) is 0.531. The van der Waals surface area contributed by atoms with Crippen LogP contribution in [-0.2, 0) is 17.8 Å². The number of carbonyl (C=O) groups is 1. The Morgan fingerprint density at radius 1 is 1.23 bits per heavy atom. The third-order valence-electron chi connectivity index (χ3n) is 4.51. The first kappa shape index (κ1) is 15.9. The molecule has 0 N–H and O–H groups in total. The zero-order valence-corrected chi connectivity index (χ0v) is 13.7. The zero-order chi connectivity index (χ0) is 18.3. The molecule has 0 aliphatic carbocycles. The Bertz CT molecular complexity index is 1110. The van der Waals surface area contributed by atoms with Crippen molar-refractivity contribution in [2.45, 2.75) is 13.0 Å². The molecule has 1 aliphatic heterocycles. The fourth-order valence-corrected chi connectivity index (χ4v) is 3.20. The Morgan fingerprint density at radius 2 is 2.04 bits per heavy atom.